The van der Waals surface area contributed by atoms with Gasteiger partial charge in [0.25, 0.3) is 0 Å². The van der Waals surface area contributed by atoms with Gasteiger partial charge in [0, 0.05) is 44.8 Å². The Morgan fingerprint density at radius 3 is 2.39 bits per heavy atom. The first-order valence-electron chi connectivity index (χ1n) is 5.90. The summed E-state index contributed by atoms with van der Waals surface area (Å²) >= 11 is 0. The highest BCUT2D eigenvalue weighted by molar-refractivity contribution is 6.58. The summed E-state index contributed by atoms with van der Waals surface area (Å²) in [6.45, 7) is 4.45. The van der Waals surface area contributed by atoms with Crippen LogP contribution < -0.4 is 10.4 Å². The second-order valence-electron chi connectivity index (χ2n) is 4.32. The molecule has 6 nitrogen and oxygen atoms in total. The Bertz CT molecular complexity index is 416. The average molecular weight is 249 g/mol. The van der Waals surface area contributed by atoms with Crippen LogP contribution in [0, 0.1) is 0 Å². The minimum atomic E-state index is -1.49. The smallest absolute Gasteiger partial charge is 0.423 e. The molecule has 1 aromatic heterocycles. The van der Waals surface area contributed by atoms with Gasteiger partial charge in [-0.05, 0) is 6.07 Å². The zero-order valence-corrected chi connectivity index (χ0v) is 10.3. The molecule has 0 unspecified atom stereocenters. The SMILES string of the molecule is CC(=O)N1CCN(c2ccc(B(O)O)cn2)CC1. The summed E-state index contributed by atoms with van der Waals surface area (Å²) in [6.07, 6.45) is 1.46. The molecule has 1 amide bonds. The predicted octanol–water partition coefficient (Wildman–Crippen LogP) is -1.57. The topological polar surface area (TPSA) is 76.9 Å². The van der Waals surface area contributed by atoms with E-state index in [1.54, 1.807) is 19.1 Å². The Balaban J connectivity index is 1.99. The van der Waals surface area contributed by atoms with E-state index >= 15 is 0 Å². The van der Waals surface area contributed by atoms with Crippen molar-refractivity contribution in [3.63, 3.8) is 0 Å². The van der Waals surface area contributed by atoms with Crippen LogP contribution in [0.3, 0.4) is 0 Å². The number of hydrogen-bond acceptors (Lipinski definition) is 5. The lowest BCUT2D eigenvalue weighted by atomic mass is 9.82. The second-order valence-corrected chi connectivity index (χ2v) is 4.32. The fourth-order valence-corrected chi connectivity index (χ4v) is 1.99. The molecular formula is C11H16BN3O3. The van der Waals surface area contributed by atoms with Gasteiger partial charge in [0.2, 0.25) is 5.91 Å². The summed E-state index contributed by atoms with van der Waals surface area (Å²) in [7, 11) is -1.49. The van der Waals surface area contributed by atoms with Gasteiger partial charge in [-0.2, -0.15) is 0 Å². The molecule has 96 valence electrons. The highest BCUT2D eigenvalue weighted by Crippen LogP contribution is 2.12. The zero-order chi connectivity index (χ0) is 13.1. The fraction of sp³-hybridized carbons (Fsp3) is 0.455. The standard InChI is InChI=1S/C11H16BN3O3/c1-9(16)14-4-6-15(7-5-14)11-3-2-10(8-13-11)12(17)18/h2-3,8,17-18H,4-7H2,1H3. The van der Waals surface area contributed by atoms with Gasteiger partial charge >= 0.3 is 7.12 Å². The highest BCUT2D eigenvalue weighted by atomic mass is 16.4. The van der Waals surface area contributed by atoms with Gasteiger partial charge in [-0.25, -0.2) is 4.98 Å². The third-order valence-corrected chi connectivity index (χ3v) is 3.12. The summed E-state index contributed by atoms with van der Waals surface area (Å²) in [6, 6.07) is 3.41. The number of aromatic nitrogens is 1. The molecule has 7 heteroatoms. The number of pyridine rings is 1. The molecule has 0 atom stereocenters. The number of piperazine rings is 1. The molecule has 18 heavy (non-hydrogen) atoms. The molecule has 1 aliphatic heterocycles. The lowest BCUT2D eigenvalue weighted by Gasteiger charge is -2.34. The zero-order valence-electron chi connectivity index (χ0n) is 10.3. The van der Waals surface area contributed by atoms with Gasteiger partial charge in [0.1, 0.15) is 5.82 Å². The molecule has 0 aliphatic carbocycles. The first-order valence-corrected chi connectivity index (χ1v) is 5.90. The lowest BCUT2D eigenvalue weighted by molar-refractivity contribution is -0.129. The van der Waals surface area contributed by atoms with Crippen molar-refractivity contribution in [2.45, 2.75) is 6.92 Å². The third-order valence-electron chi connectivity index (χ3n) is 3.12. The molecule has 0 saturated carbocycles. The number of rotatable bonds is 2. The summed E-state index contributed by atoms with van der Waals surface area (Å²) < 4.78 is 0. The Kier molecular flexibility index (Phi) is 3.83. The van der Waals surface area contributed by atoms with Crippen LogP contribution in [0.5, 0.6) is 0 Å². The number of carbonyl (C=O) groups excluding carboxylic acids is 1. The van der Waals surface area contributed by atoms with E-state index in [-0.39, 0.29) is 5.91 Å². The maximum absolute atomic E-state index is 11.2. The van der Waals surface area contributed by atoms with Crippen molar-refractivity contribution < 1.29 is 14.8 Å². The summed E-state index contributed by atoms with van der Waals surface area (Å²) in [4.78, 5) is 19.3. The average Bonchev–Trinajstić information content (AvgIpc) is 2.39. The molecule has 2 N–H and O–H groups in total. The van der Waals surface area contributed by atoms with Gasteiger partial charge in [0.15, 0.2) is 0 Å². The van der Waals surface area contributed by atoms with Crippen LogP contribution in [0.15, 0.2) is 18.3 Å². The van der Waals surface area contributed by atoms with Crippen LogP contribution in [0.25, 0.3) is 0 Å². The quantitative estimate of drug-likeness (QED) is 0.619. The molecule has 1 saturated heterocycles. The van der Waals surface area contributed by atoms with E-state index in [1.165, 1.54) is 6.20 Å². The molecule has 0 spiro atoms. The van der Waals surface area contributed by atoms with Crippen LogP contribution in [0.1, 0.15) is 6.92 Å². The molecule has 0 radical (unpaired) electrons. The van der Waals surface area contributed by atoms with E-state index in [0.29, 0.717) is 18.6 Å². The van der Waals surface area contributed by atoms with Gasteiger partial charge < -0.3 is 19.8 Å². The number of hydrogen-bond donors (Lipinski definition) is 2. The molecule has 1 aromatic rings. The fourth-order valence-electron chi connectivity index (χ4n) is 1.99. The normalized spacial score (nSPS) is 15.7. The molecule has 0 bridgehead atoms. The molecule has 1 fully saturated rings. The van der Waals surface area contributed by atoms with E-state index in [4.69, 9.17) is 10.0 Å². The summed E-state index contributed by atoms with van der Waals surface area (Å²) in [5.74, 6) is 0.893. The van der Waals surface area contributed by atoms with Gasteiger partial charge in [-0.15, -0.1) is 0 Å². The highest BCUT2D eigenvalue weighted by Gasteiger charge is 2.20. The maximum Gasteiger partial charge on any atom is 0.490 e. The van der Waals surface area contributed by atoms with Crippen molar-refractivity contribution in [2.24, 2.45) is 0 Å². The van der Waals surface area contributed by atoms with Gasteiger partial charge in [0.05, 0.1) is 0 Å². The number of nitrogens with zero attached hydrogens (tertiary/aromatic N) is 3. The minimum Gasteiger partial charge on any atom is -0.423 e. The van der Waals surface area contributed by atoms with Crippen LogP contribution in [0.2, 0.25) is 0 Å². The van der Waals surface area contributed by atoms with Crippen molar-refractivity contribution >= 4 is 24.3 Å². The molecule has 1 aliphatic rings. The Hall–Kier alpha value is -1.60. The largest absolute Gasteiger partial charge is 0.490 e. The lowest BCUT2D eigenvalue weighted by Crippen LogP contribution is -2.48. The van der Waals surface area contributed by atoms with Crippen LogP contribution in [0.4, 0.5) is 5.82 Å². The molecule has 0 aromatic carbocycles. The van der Waals surface area contributed by atoms with E-state index in [1.807, 2.05) is 4.90 Å². The monoisotopic (exact) mass is 249 g/mol. The van der Waals surface area contributed by atoms with Crippen molar-refractivity contribution in [1.82, 2.24) is 9.88 Å². The Labute approximate surface area is 106 Å². The van der Waals surface area contributed by atoms with Crippen molar-refractivity contribution in [3.8, 4) is 0 Å². The Morgan fingerprint density at radius 2 is 1.94 bits per heavy atom. The third kappa shape index (κ3) is 2.80. The predicted molar refractivity (Wildman–Crippen MR) is 68.5 cm³/mol. The number of anilines is 1. The van der Waals surface area contributed by atoms with E-state index < -0.39 is 7.12 Å². The van der Waals surface area contributed by atoms with Crippen LogP contribution in [-0.4, -0.2) is 59.1 Å². The summed E-state index contributed by atoms with van der Waals surface area (Å²) in [5.41, 5.74) is 0.376. The van der Waals surface area contributed by atoms with Crippen molar-refractivity contribution in [3.05, 3.63) is 18.3 Å². The molecule has 2 heterocycles. The number of amides is 1. The first-order chi connectivity index (χ1) is 8.58. The van der Waals surface area contributed by atoms with E-state index in [0.717, 1.165) is 18.9 Å². The molecular weight excluding hydrogens is 233 g/mol. The number of carbonyl (C=O) groups is 1. The Morgan fingerprint density at radius 1 is 1.28 bits per heavy atom. The second kappa shape index (κ2) is 5.37. The minimum absolute atomic E-state index is 0.0985. The summed E-state index contributed by atoms with van der Waals surface area (Å²) in [5, 5.41) is 18.0. The van der Waals surface area contributed by atoms with Gasteiger partial charge in [-0.3, -0.25) is 4.79 Å². The van der Waals surface area contributed by atoms with Crippen LogP contribution in [-0.2, 0) is 4.79 Å². The first kappa shape index (κ1) is 12.9. The van der Waals surface area contributed by atoms with Gasteiger partial charge in [-0.1, -0.05) is 6.07 Å². The maximum atomic E-state index is 11.2. The van der Waals surface area contributed by atoms with E-state index in [9.17, 15) is 4.79 Å². The van der Waals surface area contributed by atoms with Crippen molar-refractivity contribution in [1.29, 1.82) is 0 Å². The van der Waals surface area contributed by atoms with E-state index in [2.05, 4.69) is 9.88 Å². The molecule has 2 rings (SSSR count). The van der Waals surface area contributed by atoms with Crippen molar-refractivity contribution in [2.75, 3.05) is 31.1 Å². The van der Waals surface area contributed by atoms with Crippen LogP contribution >= 0.6 is 0 Å².